The molecule has 124 valence electrons. The lowest BCUT2D eigenvalue weighted by Gasteiger charge is -2.28. The second-order valence-corrected chi connectivity index (χ2v) is 5.92. The fourth-order valence-corrected chi connectivity index (χ4v) is 2.22. The smallest absolute Gasteiger partial charge is 0.333 e. The van der Waals surface area contributed by atoms with E-state index in [9.17, 15) is 14.4 Å². The quantitative estimate of drug-likeness (QED) is 0.457. The Hall–Kier alpha value is -1.85. The van der Waals surface area contributed by atoms with E-state index in [-0.39, 0.29) is 24.2 Å². The van der Waals surface area contributed by atoms with Gasteiger partial charge < -0.3 is 15.4 Å². The van der Waals surface area contributed by atoms with Gasteiger partial charge in [0, 0.05) is 17.7 Å². The summed E-state index contributed by atoms with van der Waals surface area (Å²) in [6.07, 6.45) is 3.38. The molecule has 1 saturated carbocycles. The molecule has 2 amide bonds. The van der Waals surface area contributed by atoms with Crippen LogP contribution in [0.2, 0.25) is 0 Å². The largest absolute Gasteiger partial charge is 0.459 e. The third-order valence-electron chi connectivity index (χ3n) is 3.83. The first-order valence-electron chi connectivity index (χ1n) is 7.81. The SMILES string of the molecule is C=C(C)C(=O)OC1CCC(NC(=O)C(=O)NC(C)CC)CC1. The first-order valence-corrected chi connectivity index (χ1v) is 7.81. The van der Waals surface area contributed by atoms with E-state index in [4.69, 9.17) is 4.74 Å². The lowest BCUT2D eigenvalue weighted by Crippen LogP contribution is -2.48. The normalized spacial score (nSPS) is 22.3. The maximum absolute atomic E-state index is 11.8. The van der Waals surface area contributed by atoms with E-state index in [0.29, 0.717) is 31.3 Å². The van der Waals surface area contributed by atoms with Crippen molar-refractivity contribution in [3.63, 3.8) is 0 Å². The van der Waals surface area contributed by atoms with Crippen LogP contribution in [0.1, 0.15) is 52.9 Å². The van der Waals surface area contributed by atoms with Gasteiger partial charge in [-0.3, -0.25) is 9.59 Å². The topological polar surface area (TPSA) is 84.5 Å². The molecule has 1 atom stereocenters. The van der Waals surface area contributed by atoms with E-state index in [0.717, 1.165) is 6.42 Å². The van der Waals surface area contributed by atoms with Crippen LogP contribution in [0.15, 0.2) is 12.2 Å². The van der Waals surface area contributed by atoms with E-state index >= 15 is 0 Å². The van der Waals surface area contributed by atoms with Crippen LogP contribution in [-0.2, 0) is 19.1 Å². The Morgan fingerprint density at radius 3 is 2.27 bits per heavy atom. The van der Waals surface area contributed by atoms with Crippen molar-refractivity contribution in [2.75, 3.05) is 0 Å². The molecule has 6 nitrogen and oxygen atoms in total. The number of carbonyl (C=O) groups is 3. The maximum Gasteiger partial charge on any atom is 0.333 e. The molecule has 0 aromatic heterocycles. The zero-order valence-corrected chi connectivity index (χ0v) is 13.6. The van der Waals surface area contributed by atoms with Gasteiger partial charge in [0.05, 0.1) is 0 Å². The summed E-state index contributed by atoms with van der Waals surface area (Å²) in [7, 11) is 0. The number of hydrogen-bond donors (Lipinski definition) is 2. The molecule has 1 fully saturated rings. The number of carbonyl (C=O) groups excluding carboxylic acids is 3. The van der Waals surface area contributed by atoms with Gasteiger partial charge in [0.1, 0.15) is 6.10 Å². The first kappa shape index (κ1) is 18.2. The Morgan fingerprint density at radius 2 is 1.77 bits per heavy atom. The van der Waals surface area contributed by atoms with Crippen LogP contribution in [-0.4, -0.2) is 36.0 Å². The molecule has 0 spiro atoms. The van der Waals surface area contributed by atoms with Crippen LogP contribution >= 0.6 is 0 Å². The minimum atomic E-state index is -0.595. The number of rotatable bonds is 5. The van der Waals surface area contributed by atoms with Gasteiger partial charge in [0.2, 0.25) is 0 Å². The highest BCUT2D eigenvalue weighted by Crippen LogP contribution is 2.22. The highest BCUT2D eigenvalue weighted by atomic mass is 16.5. The molecule has 1 aliphatic rings. The summed E-state index contributed by atoms with van der Waals surface area (Å²) in [4.78, 5) is 34.9. The van der Waals surface area contributed by atoms with Crippen LogP contribution in [0.5, 0.6) is 0 Å². The summed E-state index contributed by atoms with van der Waals surface area (Å²) < 4.78 is 5.29. The molecule has 0 heterocycles. The summed E-state index contributed by atoms with van der Waals surface area (Å²) in [5, 5.41) is 5.37. The molecule has 0 aromatic rings. The maximum atomic E-state index is 11.8. The Labute approximate surface area is 131 Å². The van der Waals surface area contributed by atoms with E-state index in [2.05, 4.69) is 17.2 Å². The third-order valence-corrected chi connectivity index (χ3v) is 3.83. The molecule has 0 aromatic carbocycles. The van der Waals surface area contributed by atoms with Crippen molar-refractivity contribution < 1.29 is 19.1 Å². The molecule has 0 aliphatic heterocycles. The number of esters is 1. The summed E-state index contributed by atoms with van der Waals surface area (Å²) in [5.41, 5.74) is 0.386. The fourth-order valence-electron chi connectivity index (χ4n) is 2.22. The molecule has 1 unspecified atom stereocenters. The van der Waals surface area contributed by atoms with Gasteiger partial charge in [-0.15, -0.1) is 0 Å². The fraction of sp³-hybridized carbons (Fsp3) is 0.688. The molecular weight excluding hydrogens is 284 g/mol. The van der Waals surface area contributed by atoms with Gasteiger partial charge in [-0.1, -0.05) is 13.5 Å². The van der Waals surface area contributed by atoms with Crippen molar-refractivity contribution in [3.05, 3.63) is 12.2 Å². The zero-order chi connectivity index (χ0) is 16.7. The number of ether oxygens (including phenoxy) is 1. The Balaban J connectivity index is 2.33. The van der Waals surface area contributed by atoms with Gasteiger partial charge >= 0.3 is 17.8 Å². The highest BCUT2D eigenvalue weighted by molar-refractivity contribution is 6.35. The van der Waals surface area contributed by atoms with Crippen molar-refractivity contribution in [2.24, 2.45) is 0 Å². The Kier molecular flexibility index (Phi) is 7.08. The second-order valence-electron chi connectivity index (χ2n) is 5.92. The summed E-state index contributed by atoms with van der Waals surface area (Å²) >= 11 is 0. The number of amides is 2. The zero-order valence-electron chi connectivity index (χ0n) is 13.6. The molecule has 22 heavy (non-hydrogen) atoms. The van der Waals surface area contributed by atoms with Gasteiger partial charge in [-0.05, 0) is 46.0 Å². The average Bonchev–Trinajstić information content (AvgIpc) is 2.48. The number of hydrogen-bond acceptors (Lipinski definition) is 4. The highest BCUT2D eigenvalue weighted by Gasteiger charge is 2.26. The van der Waals surface area contributed by atoms with Crippen molar-refractivity contribution in [2.45, 2.75) is 71.1 Å². The number of nitrogens with one attached hydrogen (secondary N) is 2. The Morgan fingerprint density at radius 1 is 1.18 bits per heavy atom. The van der Waals surface area contributed by atoms with Crippen LogP contribution in [0.3, 0.4) is 0 Å². The van der Waals surface area contributed by atoms with E-state index in [1.54, 1.807) is 6.92 Å². The second kappa shape index (κ2) is 8.56. The minimum Gasteiger partial charge on any atom is -0.459 e. The van der Waals surface area contributed by atoms with Crippen LogP contribution in [0.4, 0.5) is 0 Å². The van der Waals surface area contributed by atoms with Gasteiger partial charge in [0.25, 0.3) is 0 Å². The van der Waals surface area contributed by atoms with Gasteiger partial charge in [-0.2, -0.15) is 0 Å². The van der Waals surface area contributed by atoms with E-state index < -0.39 is 11.8 Å². The first-order chi connectivity index (χ1) is 10.3. The monoisotopic (exact) mass is 310 g/mol. The predicted octanol–water partition coefficient (Wildman–Crippen LogP) is 1.45. The van der Waals surface area contributed by atoms with E-state index in [1.165, 1.54) is 0 Å². The molecular formula is C16H26N2O4. The standard InChI is InChI=1S/C16H26N2O4/c1-5-11(4)17-14(19)15(20)18-12-6-8-13(9-7-12)22-16(21)10(2)3/h11-13H,2,5-9H2,1,3-4H3,(H,17,19)(H,18,20). The van der Waals surface area contributed by atoms with Crippen molar-refractivity contribution in [1.82, 2.24) is 10.6 Å². The summed E-state index contributed by atoms with van der Waals surface area (Å²) in [5.74, 6) is -1.56. The molecule has 1 aliphatic carbocycles. The average molecular weight is 310 g/mol. The van der Waals surface area contributed by atoms with Gasteiger partial charge in [0.15, 0.2) is 0 Å². The van der Waals surface area contributed by atoms with Crippen molar-refractivity contribution >= 4 is 17.8 Å². The van der Waals surface area contributed by atoms with Gasteiger partial charge in [-0.25, -0.2) is 4.79 Å². The summed E-state index contributed by atoms with van der Waals surface area (Å²) in [6, 6.07) is -0.0643. The molecule has 6 heteroatoms. The molecule has 2 N–H and O–H groups in total. The minimum absolute atomic E-state index is 0.0180. The summed E-state index contributed by atoms with van der Waals surface area (Å²) in [6.45, 7) is 8.96. The lowest BCUT2D eigenvalue weighted by atomic mass is 9.93. The van der Waals surface area contributed by atoms with Crippen molar-refractivity contribution in [1.29, 1.82) is 0 Å². The van der Waals surface area contributed by atoms with Crippen molar-refractivity contribution in [3.8, 4) is 0 Å². The van der Waals surface area contributed by atoms with Crippen LogP contribution < -0.4 is 10.6 Å². The molecule has 0 saturated heterocycles. The molecule has 0 bridgehead atoms. The molecule has 0 radical (unpaired) electrons. The van der Waals surface area contributed by atoms with Crippen LogP contribution in [0, 0.1) is 0 Å². The van der Waals surface area contributed by atoms with E-state index in [1.807, 2.05) is 13.8 Å². The molecule has 1 rings (SSSR count). The third kappa shape index (κ3) is 5.87. The van der Waals surface area contributed by atoms with Crippen LogP contribution in [0.25, 0.3) is 0 Å². The lowest BCUT2D eigenvalue weighted by molar-refractivity contribution is -0.146. The predicted molar refractivity (Wildman–Crippen MR) is 83.0 cm³/mol. The Bertz CT molecular complexity index is 439.